The smallest absolute Gasteiger partial charge is 0.216 e. The molecule has 2 atom stereocenters. The minimum Gasteiger partial charge on any atom is -0.426 e. The summed E-state index contributed by atoms with van der Waals surface area (Å²) in [7, 11) is 0. The lowest BCUT2D eigenvalue weighted by Crippen LogP contribution is -2.46. The zero-order valence-corrected chi connectivity index (χ0v) is 11.3. The van der Waals surface area contributed by atoms with Crippen LogP contribution in [0.2, 0.25) is 0 Å². The van der Waals surface area contributed by atoms with Gasteiger partial charge < -0.3 is 9.52 Å². The maximum atomic E-state index is 9.47. The summed E-state index contributed by atoms with van der Waals surface area (Å²) in [4.78, 5) is 2.40. The number of aromatic nitrogens is 2. The second-order valence-corrected chi connectivity index (χ2v) is 5.22. The Hall–Kier alpha value is -0.940. The molecular formula is C13H23N3O2. The summed E-state index contributed by atoms with van der Waals surface area (Å²) in [6.45, 7) is 6.40. The molecule has 1 N–H and O–H groups in total. The van der Waals surface area contributed by atoms with Crippen LogP contribution in [0.15, 0.2) is 4.42 Å². The van der Waals surface area contributed by atoms with Crippen molar-refractivity contribution in [2.75, 3.05) is 19.7 Å². The minimum atomic E-state index is 0.265. The van der Waals surface area contributed by atoms with Gasteiger partial charge in [-0.25, -0.2) is 0 Å². The largest absolute Gasteiger partial charge is 0.426 e. The van der Waals surface area contributed by atoms with E-state index in [1.807, 2.05) is 6.92 Å². The SMILES string of the molecule is Cc1nnc(CCCN2CCCC(C)C2CO)o1. The Bertz CT molecular complexity index is 367. The van der Waals surface area contributed by atoms with Gasteiger partial charge in [0.05, 0.1) is 6.61 Å². The lowest BCUT2D eigenvalue weighted by molar-refractivity contribution is 0.0520. The number of nitrogens with zero attached hydrogens (tertiary/aromatic N) is 3. The van der Waals surface area contributed by atoms with Gasteiger partial charge in [-0.2, -0.15) is 0 Å². The van der Waals surface area contributed by atoms with Crippen LogP contribution in [-0.4, -0.2) is 45.9 Å². The van der Waals surface area contributed by atoms with Crippen LogP contribution in [0.4, 0.5) is 0 Å². The first-order chi connectivity index (χ1) is 8.70. The molecule has 0 aromatic carbocycles. The van der Waals surface area contributed by atoms with Crippen molar-refractivity contribution >= 4 is 0 Å². The van der Waals surface area contributed by atoms with Gasteiger partial charge in [0.25, 0.3) is 0 Å². The lowest BCUT2D eigenvalue weighted by Gasteiger charge is -2.39. The number of piperidine rings is 1. The molecule has 0 bridgehead atoms. The van der Waals surface area contributed by atoms with Crippen molar-refractivity contribution in [3.63, 3.8) is 0 Å². The van der Waals surface area contributed by atoms with Crippen molar-refractivity contribution < 1.29 is 9.52 Å². The highest BCUT2D eigenvalue weighted by Gasteiger charge is 2.27. The number of aliphatic hydroxyl groups excluding tert-OH is 1. The third kappa shape index (κ3) is 3.29. The van der Waals surface area contributed by atoms with Crippen molar-refractivity contribution in [2.45, 2.75) is 45.6 Å². The Morgan fingerprint density at radius 2 is 2.28 bits per heavy atom. The Labute approximate surface area is 108 Å². The van der Waals surface area contributed by atoms with Crippen LogP contribution in [0, 0.1) is 12.8 Å². The van der Waals surface area contributed by atoms with Crippen LogP contribution in [0.25, 0.3) is 0 Å². The van der Waals surface area contributed by atoms with Gasteiger partial charge in [0.2, 0.25) is 11.8 Å². The van der Waals surface area contributed by atoms with E-state index in [1.165, 1.54) is 12.8 Å². The fourth-order valence-electron chi connectivity index (χ4n) is 2.78. The van der Waals surface area contributed by atoms with Crippen LogP contribution in [0.1, 0.15) is 38.0 Å². The summed E-state index contributed by atoms with van der Waals surface area (Å²) in [5.74, 6) is 1.94. The predicted octanol–water partition coefficient (Wildman–Crippen LogP) is 1.40. The molecule has 1 aliphatic rings. The van der Waals surface area contributed by atoms with Gasteiger partial charge in [0, 0.05) is 19.4 Å². The van der Waals surface area contributed by atoms with Gasteiger partial charge in [-0.15, -0.1) is 10.2 Å². The van der Waals surface area contributed by atoms with Gasteiger partial charge in [-0.3, -0.25) is 4.90 Å². The number of rotatable bonds is 5. The average molecular weight is 253 g/mol. The first-order valence-electron chi connectivity index (χ1n) is 6.84. The molecule has 18 heavy (non-hydrogen) atoms. The topological polar surface area (TPSA) is 62.4 Å². The molecule has 0 radical (unpaired) electrons. The summed E-state index contributed by atoms with van der Waals surface area (Å²) >= 11 is 0. The highest BCUT2D eigenvalue weighted by atomic mass is 16.4. The molecule has 0 amide bonds. The fourth-order valence-corrected chi connectivity index (χ4v) is 2.78. The van der Waals surface area contributed by atoms with E-state index in [1.54, 1.807) is 0 Å². The molecule has 5 heteroatoms. The monoisotopic (exact) mass is 253 g/mol. The van der Waals surface area contributed by atoms with E-state index in [2.05, 4.69) is 22.0 Å². The highest BCUT2D eigenvalue weighted by Crippen LogP contribution is 2.23. The zero-order valence-electron chi connectivity index (χ0n) is 11.3. The number of aliphatic hydroxyl groups is 1. The van der Waals surface area contributed by atoms with Crippen molar-refractivity contribution in [1.82, 2.24) is 15.1 Å². The third-order valence-corrected chi connectivity index (χ3v) is 3.82. The average Bonchev–Trinajstić information content (AvgIpc) is 2.75. The number of aryl methyl sites for hydroxylation is 2. The van der Waals surface area contributed by atoms with E-state index in [4.69, 9.17) is 4.42 Å². The van der Waals surface area contributed by atoms with E-state index in [0.29, 0.717) is 17.9 Å². The summed E-state index contributed by atoms with van der Waals surface area (Å²) in [5, 5.41) is 17.3. The van der Waals surface area contributed by atoms with Crippen LogP contribution < -0.4 is 0 Å². The van der Waals surface area contributed by atoms with E-state index in [-0.39, 0.29) is 6.61 Å². The molecule has 0 aliphatic carbocycles. The molecule has 2 unspecified atom stereocenters. The quantitative estimate of drug-likeness (QED) is 0.859. The summed E-state index contributed by atoms with van der Waals surface area (Å²) in [6, 6.07) is 0.322. The maximum Gasteiger partial charge on any atom is 0.216 e. The Morgan fingerprint density at radius 1 is 1.44 bits per heavy atom. The van der Waals surface area contributed by atoms with Crippen molar-refractivity contribution in [2.24, 2.45) is 5.92 Å². The molecule has 102 valence electrons. The third-order valence-electron chi connectivity index (χ3n) is 3.82. The number of hydrogen-bond donors (Lipinski definition) is 1. The zero-order chi connectivity index (χ0) is 13.0. The van der Waals surface area contributed by atoms with E-state index >= 15 is 0 Å². The molecule has 1 fully saturated rings. The Kier molecular flexibility index (Phi) is 4.72. The van der Waals surface area contributed by atoms with E-state index in [9.17, 15) is 5.11 Å². The minimum absolute atomic E-state index is 0.265. The maximum absolute atomic E-state index is 9.47. The molecule has 5 nitrogen and oxygen atoms in total. The molecule has 1 saturated heterocycles. The molecule has 1 aromatic rings. The normalized spacial score (nSPS) is 25.5. The van der Waals surface area contributed by atoms with E-state index < -0.39 is 0 Å². The molecule has 2 rings (SSSR count). The Balaban J connectivity index is 1.78. The second kappa shape index (κ2) is 6.29. The van der Waals surface area contributed by atoms with Gasteiger partial charge >= 0.3 is 0 Å². The summed E-state index contributed by atoms with van der Waals surface area (Å²) in [5.41, 5.74) is 0. The molecular weight excluding hydrogens is 230 g/mol. The van der Waals surface area contributed by atoms with Crippen LogP contribution >= 0.6 is 0 Å². The van der Waals surface area contributed by atoms with Crippen LogP contribution in [0.5, 0.6) is 0 Å². The van der Waals surface area contributed by atoms with Gasteiger partial charge in [-0.05, 0) is 38.3 Å². The number of hydrogen-bond acceptors (Lipinski definition) is 5. The van der Waals surface area contributed by atoms with Gasteiger partial charge in [-0.1, -0.05) is 6.92 Å². The van der Waals surface area contributed by atoms with Crippen LogP contribution in [-0.2, 0) is 6.42 Å². The standard InChI is InChI=1S/C13H23N3O2/c1-10-5-3-7-16(12(10)9-17)8-4-6-13-15-14-11(2)18-13/h10,12,17H,3-9H2,1-2H3. The molecule has 2 heterocycles. The first-order valence-corrected chi connectivity index (χ1v) is 6.84. The molecule has 0 spiro atoms. The number of likely N-dealkylation sites (tertiary alicyclic amines) is 1. The molecule has 1 aliphatic heterocycles. The fraction of sp³-hybridized carbons (Fsp3) is 0.846. The molecule has 1 aromatic heterocycles. The summed E-state index contributed by atoms with van der Waals surface area (Å²) < 4.78 is 5.36. The van der Waals surface area contributed by atoms with Gasteiger partial charge in [0.15, 0.2) is 0 Å². The van der Waals surface area contributed by atoms with Crippen molar-refractivity contribution in [3.05, 3.63) is 11.8 Å². The lowest BCUT2D eigenvalue weighted by atomic mass is 9.91. The first kappa shape index (κ1) is 13.5. The molecule has 0 saturated carbocycles. The second-order valence-electron chi connectivity index (χ2n) is 5.22. The van der Waals surface area contributed by atoms with Gasteiger partial charge in [0.1, 0.15) is 0 Å². The van der Waals surface area contributed by atoms with Crippen LogP contribution in [0.3, 0.4) is 0 Å². The van der Waals surface area contributed by atoms with E-state index in [0.717, 1.165) is 31.8 Å². The highest BCUT2D eigenvalue weighted by molar-refractivity contribution is 4.83. The van der Waals surface area contributed by atoms with Crippen molar-refractivity contribution in [3.8, 4) is 0 Å². The van der Waals surface area contributed by atoms with Crippen molar-refractivity contribution in [1.29, 1.82) is 0 Å². The summed E-state index contributed by atoms with van der Waals surface area (Å²) in [6.07, 6.45) is 4.29. The predicted molar refractivity (Wildman–Crippen MR) is 68.2 cm³/mol. The Morgan fingerprint density at radius 3 is 2.94 bits per heavy atom.